The largest absolute Gasteiger partial charge is 0.481 e. The van der Waals surface area contributed by atoms with Gasteiger partial charge < -0.3 is 14.6 Å². The molecule has 0 saturated carbocycles. The van der Waals surface area contributed by atoms with E-state index in [1.165, 1.54) is 12.1 Å². The lowest BCUT2D eigenvalue weighted by atomic mass is 9.96. The van der Waals surface area contributed by atoms with Gasteiger partial charge in [0.1, 0.15) is 0 Å². The van der Waals surface area contributed by atoms with Crippen LogP contribution < -0.4 is 9.47 Å². The van der Waals surface area contributed by atoms with Crippen LogP contribution in [0.2, 0.25) is 5.02 Å². The van der Waals surface area contributed by atoms with Crippen molar-refractivity contribution in [3.63, 3.8) is 0 Å². The minimum atomic E-state index is -1.01. The number of carboxylic acids is 1. The summed E-state index contributed by atoms with van der Waals surface area (Å²) in [4.78, 5) is 22.6. The Morgan fingerprint density at radius 2 is 2.17 bits per heavy atom. The third-order valence-corrected chi connectivity index (χ3v) is 2.92. The minimum Gasteiger partial charge on any atom is -0.481 e. The molecule has 0 aromatic heterocycles. The molecular formula is C12H11ClO5. The molecule has 0 amide bonds. The van der Waals surface area contributed by atoms with Gasteiger partial charge in [-0.25, -0.2) is 0 Å². The zero-order valence-electron chi connectivity index (χ0n) is 9.60. The molecule has 0 radical (unpaired) electrons. The number of aliphatic carboxylic acids is 1. The van der Waals surface area contributed by atoms with Gasteiger partial charge in [0.15, 0.2) is 17.3 Å². The van der Waals surface area contributed by atoms with Gasteiger partial charge in [-0.05, 0) is 12.1 Å². The second kappa shape index (κ2) is 4.86. The molecule has 5 nitrogen and oxygen atoms in total. The fourth-order valence-corrected chi connectivity index (χ4v) is 2.01. The molecule has 1 aliphatic rings. The Morgan fingerprint density at radius 3 is 2.83 bits per heavy atom. The summed E-state index contributed by atoms with van der Waals surface area (Å²) < 4.78 is 10.3. The first-order valence-corrected chi connectivity index (χ1v) is 5.72. The topological polar surface area (TPSA) is 72.8 Å². The van der Waals surface area contributed by atoms with E-state index in [0.717, 1.165) is 0 Å². The normalized spacial score (nSPS) is 14.3. The van der Waals surface area contributed by atoms with E-state index in [9.17, 15) is 9.59 Å². The lowest BCUT2D eigenvalue weighted by molar-refractivity contribution is -0.137. The highest BCUT2D eigenvalue weighted by Gasteiger charge is 2.24. The molecule has 0 aliphatic carbocycles. The zero-order valence-corrected chi connectivity index (χ0v) is 10.4. The summed E-state index contributed by atoms with van der Waals surface area (Å²) in [6.07, 6.45) is -0.217. The molecule has 0 spiro atoms. The van der Waals surface area contributed by atoms with Crippen molar-refractivity contribution in [1.82, 2.24) is 0 Å². The van der Waals surface area contributed by atoms with Crippen molar-refractivity contribution in [3.8, 4) is 11.5 Å². The summed E-state index contributed by atoms with van der Waals surface area (Å²) >= 11 is 5.96. The first-order valence-electron chi connectivity index (χ1n) is 5.34. The van der Waals surface area contributed by atoms with Crippen molar-refractivity contribution in [2.75, 3.05) is 6.79 Å². The Morgan fingerprint density at radius 1 is 1.44 bits per heavy atom. The molecule has 0 fully saturated rings. The van der Waals surface area contributed by atoms with Crippen molar-refractivity contribution in [1.29, 1.82) is 0 Å². The molecule has 6 heteroatoms. The molecule has 1 N–H and O–H groups in total. The van der Waals surface area contributed by atoms with Crippen LogP contribution in [0.15, 0.2) is 12.1 Å². The summed E-state index contributed by atoms with van der Waals surface area (Å²) in [7, 11) is 0. The molecule has 1 aromatic carbocycles. The molecule has 1 aromatic rings. The number of benzene rings is 1. The Kier molecular flexibility index (Phi) is 3.43. The van der Waals surface area contributed by atoms with Crippen LogP contribution in [0.1, 0.15) is 23.7 Å². The molecule has 1 unspecified atom stereocenters. The van der Waals surface area contributed by atoms with Gasteiger partial charge in [0.05, 0.1) is 11.4 Å². The number of carbonyl (C=O) groups excluding carboxylic acids is 1. The van der Waals surface area contributed by atoms with E-state index < -0.39 is 11.9 Å². The number of hydrogen-bond acceptors (Lipinski definition) is 4. The van der Waals surface area contributed by atoms with E-state index in [4.69, 9.17) is 26.2 Å². The van der Waals surface area contributed by atoms with Crippen molar-refractivity contribution in [3.05, 3.63) is 22.7 Å². The average molecular weight is 271 g/mol. The van der Waals surface area contributed by atoms with Crippen LogP contribution in [-0.4, -0.2) is 23.7 Å². The Labute approximate surface area is 108 Å². The highest BCUT2D eigenvalue weighted by Crippen LogP contribution is 2.40. The van der Waals surface area contributed by atoms with Crippen LogP contribution in [0, 0.1) is 5.92 Å². The van der Waals surface area contributed by atoms with Crippen molar-refractivity contribution in [2.45, 2.75) is 13.3 Å². The highest BCUT2D eigenvalue weighted by molar-refractivity contribution is 6.32. The van der Waals surface area contributed by atoms with E-state index in [2.05, 4.69) is 0 Å². The summed E-state index contributed by atoms with van der Waals surface area (Å²) in [5.41, 5.74) is 0.331. The number of hydrogen-bond donors (Lipinski definition) is 1. The monoisotopic (exact) mass is 270 g/mol. The molecule has 1 atom stereocenters. The Hall–Kier alpha value is -1.75. The van der Waals surface area contributed by atoms with Gasteiger partial charge >= 0.3 is 5.97 Å². The lowest BCUT2D eigenvalue weighted by Gasteiger charge is -2.09. The highest BCUT2D eigenvalue weighted by atomic mass is 35.5. The molecule has 18 heavy (non-hydrogen) atoms. The van der Waals surface area contributed by atoms with Gasteiger partial charge in [0.25, 0.3) is 0 Å². The van der Waals surface area contributed by atoms with E-state index >= 15 is 0 Å². The van der Waals surface area contributed by atoms with Gasteiger partial charge in [0.2, 0.25) is 6.79 Å². The van der Waals surface area contributed by atoms with Crippen LogP contribution >= 0.6 is 11.6 Å². The quantitative estimate of drug-likeness (QED) is 0.850. The second-order valence-electron chi connectivity index (χ2n) is 4.06. The molecule has 1 aliphatic heterocycles. The van der Waals surface area contributed by atoms with Crippen molar-refractivity contribution >= 4 is 23.4 Å². The van der Waals surface area contributed by atoms with Crippen LogP contribution in [0.5, 0.6) is 11.5 Å². The van der Waals surface area contributed by atoms with Crippen LogP contribution in [0.25, 0.3) is 0 Å². The van der Waals surface area contributed by atoms with Gasteiger partial charge in [-0.2, -0.15) is 0 Å². The van der Waals surface area contributed by atoms with Crippen LogP contribution in [-0.2, 0) is 4.79 Å². The van der Waals surface area contributed by atoms with Gasteiger partial charge in [-0.15, -0.1) is 0 Å². The first kappa shape index (κ1) is 12.7. The average Bonchev–Trinajstić information content (AvgIpc) is 2.75. The maximum absolute atomic E-state index is 12.0. The lowest BCUT2D eigenvalue weighted by Crippen LogP contribution is -2.15. The Balaban J connectivity index is 2.26. The standard InChI is InChI=1S/C12H11ClO5/c1-6(2-10(14)15)11(16)7-3-8(13)12-9(4-7)17-5-18-12/h3-4,6H,2,5H2,1H3,(H,14,15). The SMILES string of the molecule is CC(CC(=O)O)C(=O)c1cc(Cl)c2c(c1)OCO2. The van der Waals surface area contributed by atoms with Crippen molar-refractivity contribution in [2.24, 2.45) is 5.92 Å². The zero-order chi connectivity index (χ0) is 13.3. The van der Waals surface area contributed by atoms with Crippen molar-refractivity contribution < 1.29 is 24.2 Å². The number of ketones is 1. The van der Waals surface area contributed by atoms with E-state index in [1.807, 2.05) is 0 Å². The third-order valence-electron chi connectivity index (χ3n) is 2.64. The number of ether oxygens (including phenoxy) is 2. The Bertz CT molecular complexity index is 511. The molecule has 1 heterocycles. The molecule has 0 saturated heterocycles. The summed E-state index contributed by atoms with van der Waals surface area (Å²) in [5.74, 6) is -1.08. The molecule has 96 valence electrons. The number of carboxylic acid groups (broad SMARTS) is 1. The van der Waals surface area contributed by atoms with E-state index in [1.54, 1.807) is 6.92 Å². The summed E-state index contributed by atoms with van der Waals surface area (Å²) in [6, 6.07) is 2.99. The second-order valence-corrected chi connectivity index (χ2v) is 4.46. The number of halogens is 1. The molecule has 2 rings (SSSR count). The predicted molar refractivity (Wildman–Crippen MR) is 63.3 cm³/mol. The number of Topliss-reactive ketones (excluding diaryl/α,β-unsaturated/α-hetero) is 1. The van der Waals surface area contributed by atoms with Gasteiger partial charge in [0, 0.05) is 11.5 Å². The van der Waals surface area contributed by atoms with E-state index in [-0.39, 0.29) is 24.0 Å². The number of carbonyl (C=O) groups is 2. The van der Waals surface area contributed by atoms with Crippen LogP contribution in [0.4, 0.5) is 0 Å². The minimum absolute atomic E-state index is 0.0668. The fourth-order valence-electron chi connectivity index (χ4n) is 1.75. The van der Waals surface area contributed by atoms with Gasteiger partial charge in [-0.3, -0.25) is 9.59 Å². The maximum atomic E-state index is 12.0. The van der Waals surface area contributed by atoms with Crippen LogP contribution in [0.3, 0.4) is 0 Å². The maximum Gasteiger partial charge on any atom is 0.304 e. The first-order chi connectivity index (χ1) is 8.49. The fraction of sp³-hybridized carbons (Fsp3) is 0.333. The van der Waals surface area contributed by atoms with Gasteiger partial charge in [-0.1, -0.05) is 18.5 Å². The summed E-state index contributed by atoms with van der Waals surface area (Å²) in [5, 5.41) is 8.95. The smallest absolute Gasteiger partial charge is 0.304 e. The molecule has 0 bridgehead atoms. The predicted octanol–water partition coefficient (Wildman–Crippen LogP) is 2.36. The number of rotatable bonds is 4. The van der Waals surface area contributed by atoms with E-state index in [0.29, 0.717) is 17.1 Å². The number of fused-ring (bicyclic) bond motifs is 1. The third kappa shape index (κ3) is 2.41. The summed E-state index contributed by atoms with van der Waals surface area (Å²) in [6.45, 7) is 1.63. The molecular weight excluding hydrogens is 260 g/mol.